The Hall–Kier alpha value is -2.76. The van der Waals surface area contributed by atoms with Crippen LogP contribution in [0.5, 0.6) is 0 Å². The van der Waals surface area contributed by atoms with E-state index in [4.69, 9.17) is 34.5 Å². The number of imidazole rings is 1. The van der Waals surface area contributed by atoms with Crippen LogP contribution in [0.4, 0.5) is 11.8 Å². The molecular weight excluding hydrogens is 565 g/mol. The van der Waals surface area contributed by atoms with Gasteiger partial charge in [-0.3, -0.25) is 0 Å². The van der Waals surface area contributed by atoms with Crippen LogP contribution >= 0.6 is 8.17 Å². The number of ether oxygens (including phenoxy) is 2. The third kappa shape index (κ3) is 6.52. The maximum atomic E-state index is 12.9. The van der Waals surface area contributed by atoms with Crippen LogP contribution in [0.1, 0.15) is 47.3 Å². The molecule has 17 nitrogen and oxygen atoms in total. The van der Waals surface area contributed by atoms with E-state index in [0.29, 0.717) is 0 Å². The van der Waals surface area contributed by atoms with Gasteiger partial charge in [0.25, 0.3) is 0 Å². The zero-order chi connectivity index (χ0) is 30.3. The summed E-state index contributed by atoms with van der Waals surface area (Å²) in [7, 11) is -4.42. The second kappa shape index (κ2) is 11.5. The molecule has 5 atom stereocenters. The first-order chi connectivity index (χ1) is 19.0. The Bertz CT molecular complexity index is 1290. The Morgan fingerprint density at radius 3 is 2.68 bits per heavy atom. The second-order valence-electron chi connectivity index (χ2n) is 11.2. The van der Waals surface area contributed by atoms with Crippen molar-refractivity contribution in [3.63, 3.8) is 0 Å². The molecule has 2 aromatic rings. The van der Waals surface area contributed by atoms with Gasteiger partial charge in [-0.05, 0) is 0 Å². The number of esters is 1. The number of nitrogens with two attached hydrogens (primary N) is 2. The predicted octanol–water partition coefficient (Wildman–Crippen LogP) is -0.682. The molecule has 0 bridgehead atoms. The Morgan fingerprint density at radius 1 is 1.29 bits per heavy atom. The Kier molecular flexibility index (Phi) is 8.74. The number of aliphatic hydroxyl groups excluding tert-OH is 1. The molecule has 4 rings (SSSR count). The van der Waals surface area contributed by atoms with Crippen molar-refractivity contribution in [3.8, 4) is 0 Å². The average Bonchev–Trinajstić information content (AvgIpc) is 3.37. The van der Waals surface area contributed by atoms with E-state index in [1.165, 1.54) is 17.8 Å². The molecule has 0 aromatic carbocycles. The van der Waals surface area contributed by atoms with Gasteiger partial charge in [0.2, 0.25) is 0 Å². The van der Waals surface area contributed by atoms with Gasteiger partial charge in [-0.1, -0.05) is 0 Å². The molecule has 8 N–H and O–H groups in total. The standard InChI is InChI=1S/C23H38N7O10P/c1-11(2)38-13(31)6-7-26-19(33)16-22(3,4)9-37-41(35,40-16)36-8-12-15(32)23(5,34)20(39-12)30-10-27-14-17(24)28-21(25)29-18(14)30/h10-12,15-16,20,32,34-35,41H,6-9H2,1-5H3,(H,26,33)(H4,24,25,28,29)/t12-,15-,16+,20-,23-/m1/s1. The average molecular weight is 604 g/mol. The summed E-state index contributed by atoms with van der Waals surface area (Å²) in [5, 5.41) is 24.6. The molecule has 0 spiro atoms. The van der Waals surface area contributed by atoms with E-state index in [1.54, 1.807) is 27.7 Å². The van der Waals surface area contributed by atoms with Crippen molar-refractivity contribution in [2.75, 3.05) is 31.2 Å². The Balaban J connectivity index is 1.41. The van der Waals surface area contributed by atoms with Crippen molar-refractivity contribution in [1.29, 1.82) is 0 Å². The van der Waals surface area contributed by atoms with Gasteiger partial charge in [0.05, 0.1) is 0 Å². The van der Waals surface area contributed by atoms with Crippen LogP contribution in [0.15, 0.2) is 6.33 Å². The summed E-state index contributed by atoms with van der Waals surface area (Å²) in [6.45, 7) is 7.67. The number of aliphatic hydroxyl groups is 2. The van der Waals surface area contributed by atoms with Gasteiger partial charge in [0, 0.05) is 0 Å². The molecular formula is C23H38N7O10P. The molecule has 0 radical (unpaired) electrons. The van der Waals surface area contributed by atoms with Gasteiger partial charge in [0.15, 0.2) is 0 Å². The molecule has 2 aliphatic heterocycles. The van der Waals surface area contributed by atoms with E-state index in [-0.39, 0.29) is 48.6 Å². The van der Waals surface area contributed by atoms with E-state index >= 15 is 0 Å². The fraction of sp³-hybridized carbons (Fsp3) is 0.696. The molecule has 230 valence electrons. The molecule has 18 heteroatoms. The molecule has 0 saturated carbocycles. The van der Waals surface area contributed by atoms with Crippen LogP contribution in [0.2, 0.25) is 0 Å². The van der Waals surface area contributed by atoms with E-state index in [9.17, 15) is 24.7 Å². The number of anilines is 2. The minimum atomic E-state index is -4.42. The number of carbonyl (C=O) groups is 2. The number of amides is 1. The van der Waals surface area contributed by atoms with E-state index in [0.717, 1.165) is 0 Å². The number of fused-ring (bicyclic) bond motifs is 1. The third-order valence-electron chi connectivity index (χ3n) is 6.74. The van der Waals surface area contributed by atoms with Crippen LogP contribution in [-0.4, -0.2) is 96.3 Å². The van der Waals surface area contributed by atoms with Crippen LogP contribution in [0, 0.1) is 5.41 Å². The topological polar surface area (TPSA) is 249 Å². The Morgan fingerprint density at radius 2 is 2.00 bits per heavy atom. The molecule has 2 aliphatic rings. The summed E-state index contributed by atoms with van der Waals surface area (Å²) in [4.78, 5) is 47.8. The molecule has 0 aliphatic carbocycles. The number of nitrogens with zero attached hydrogens (tertiary/aromatic N) is 4. The summed E-state index contributed by atoms with van der Waals surface area (Å²) in [5.41, 5.74) is 9.26. The van der Waals surface area contributed by atoms with Crippen LogP contribution in [0.3, 0.4) is 0 Å². The molecule has 0 unspecified atom stereocenters. The van der Waals surface area contributed by atoms with Gasteiger partial charge in [-0.15, -0.1) is 0 Å². The number of nitrogens with one attached hydrogen (secondary N) is 1. The van der Waals surface area contributed by atoms with Crippen molar-refractivity contribution in [1.82, 2.24) is 24.8 Å². The molecule has 2 fully saturated rings. The van der Waals surface area contributed by atoms with Gasteiger partial charge in [-0.2, -0.15) is 0 Å². The van der Waals surface area contributed by atoms with E-state index in [1.807, 2.05) is 0 Å². The number of nitrogen functional groups attached to an aromatic ring is 2. The number of aromatic nitrogens is 4. The number of hydrogen-bond donors (Lipinski definition) is 6. The van der Waals surface area contributed by atoms with Gasteiger partial charge in [-0.25, -0.2) is 0 Å². The van der Waals surface area contributed by atoms with E-state index in [2.05, 4.69) is 20.3 Å². The number of rotatable bonds is 9. The SMILES string of the molecule is CC(C)OC(=O)CCNC(=O)[C@@H]1O[PH](O)(OC[C@H]2O[C@@H](n3cnc4c(N)nc(N)nc43)[C@](C)(O)[C@@H]2O)OCC1(C)C. The summed E-state index contributed by atoms with van der Waals surface area (Å²) >= 11 is 0. The third-order valence-corrected chi connectivity index (χ3v) is 8.31. The molecule has 41 heavy (non-hydrogen) atoms. The normalized spacial score (nSPS) is 29.9. The van der Waals surface area contributed by atoms with Crippen molar-refractivity contribution in [2.45, 2.75) is 77.3 Å². The van der Waals surface area contributed by atoms with E-state index < -0.39 is 62.2 Å². The second-order valence-corrected chi connectivity index (χ2v) is 13.0. The zero-order valence-electron chi connectivity index (χ0n) is 23.4. The van der Waals surface area contributed by atoms with Crippen LogP contribution < -0.4 is 16.8 Å². The number of hydrogen-bond acceptors (Lipinski definition) is 15. The molecule has 1 amide bonds. The fourth-order valence-electron chi connectivity index (χ4n) is 4.57. The minimum absolute atomic E-state index is 0.00571. The first-order valence-corrected chi connectivity index (χ1v) is 14.7. The van der Waals surface area contributed by atoms with Crippen molar-refractivity contribution < 1.29 is 47.7 Å². The van der Waals surface area contributed by atoms with Crippen molar-refractivity contribution >= 4 is 43.0 Å². The zero-order valence-corrected chi connectivity index (χ0v) is 24.4. The molecule has 2 saturated heterocycles. The monoisotopic (exact) mass is 603 g/mol. The maximum absolute atomic E-state index is 12.9. The number of carbonyl (C=O) groups excluding carboxylic acids is 2. The van der Waals surface area contributed by atoms with Crippen molar-refractivity contribution in [2.24, 2.45) is 5.41 Å². The summed E-state index contributed by atoms with van der Waals surface area (Å²) in [6.07, 6.45) is -4.04. The molecule has 2 aromatic heterocycles. The van der Waals surface area contributed by atoms with Crippen LogP contribution in [0.25, 0.3) is 11.2 Å². The first-order valence-electron chi connectivity index (χ1n) is 13.0. The Labute approximate surface area is 236 Å². The van der Waals surface area contributed by atoms with Crippen LogP contribution in [-0.2, 0) is 32.6 Å². The summed E-state index contributed by atoms with van der Waals surface area (Å²) in [6, 6.07) is 0. The van der Waals surface area contributed by atoms with Gasteiger partial charge < -0.3 is 0 Å². The van der Waals surface area contributed by atoms with Crippen molar-refractivity contribution in [3.05, 3.63) is 6.33 Å². The quantitative estimate of drug-likeness (QED) is 0.153. The summed E-state index contributed by atoms with van der Waals surface area (Å²) in [5.74, 6) is -1.13. The first kappa shape index (κ1) is 31.2. The van der Waals surface area contributed by atoms with Gasteiger partial charge >= 0.3 is 236 Å². The van der Waals surface area contributed by atoms with Gasteiger partial charge in [0.1, 0.15) is 0 Å². The molecule has 4 heterocycles. The fourth-order valence-corrected chi connectivity index (χ4v) is 6.45. The predicted molar refractivity (Wildman–Crippen MR) is 145 cm³/mol. The summed E-state index contributed by atoms with van der Waals surface area (Å²) < 4.78 is 29.1.